The Morgan fingerprint density at radius 3 is 2.75 bits per heavy atom. The number of benzene rings is 1. The summed E-state index contributed by atoms with van der Waals surface area (Å²) in [4.78, 5) is 25.4. The van der Waals surface area contributed by atoms with Crippen molar-refractivity contribution in [3.63, 3.8) is 0 Å². The zero-order chi connectivity index (χ0) is 13.9. The first kappa shape index (κ1) is 13.0. The number of hydrogen-bond donors (Lipinski definition) is 1. The number of fused-ring (bicyclic) bond motifs is 3. The molecule has 1 amide bonds. The molecule has 1 aromatic carbocycles. The number of carbonyl (C=O) groups is 1. The van der Waals surface area contributed by atoms with Gasteiger partial charge in [0.05, 0.1) is 9.94 Å². The lowest BCUT2D eigenvalue weighted by Crippen LogP contribution is -2.27. The molecular weight excluding hydrogens is 369 g/mol. The van der Waals surface area contributed by atoms with Gasteiger partial charge in [-0.15, -0.1) is 0 Å². The van der Waals surface area contributed by atoms with E-state index in [0.717, 1.165) is 21.8 Å². The number of carbonyl (C=O) groups excluding carboxylic acids is 1. The van der Waals surface area contributed by atoms with E-state index in [0.29, 0.717) is 10.2 Å². The monoisotopic (exact) mass is 379 g/mol. The molecule has 3 rings (SSSR count). The largest absolute Gasteiger partial charge is 0.379 e. The lowest BCUT2D eigenvalue weighted by molar-refractivity contribution is -0.124. The molecule has 2 heterocycles. The number of nitrogens with zero attached hydrogens (tertiary/aromatic N) is 2. The van der Waals surface area contributed by atoms with Crippen LogP contribution in [0.25, 0.3) is 21.8 Å². The van der Waals surface area contributed by atoms with Crippen molar-refractivity contribution >= 4 is 50.3 Å². The average molecular weight is 379 g/mol. The van der Waals surface area contributed by atoms with Gasteiger partial charge in [0.25, 0.3) is 5.91 Å². The van der Waals surface area contributed by atoms with E-state index in [4.69, 9.17) is 4.84 Å². The quantitative estimate of drug-likeness (QED) is 0.329. The fourth-order valence-corrected chi connectivity index (χ4v) is 2.12. The molecule has 0 radical (unpaired) electrons. The normalized spacial score (nSPS) is 10.7. The van der Waals surface area contributed by atoms with E-state index in [1.165, 1.54) is 0 Å². The van der Waals surface area contributed by atoms with Crippen LogP contribution in [0.4, 0.5) is 0 Å². The molecule has 0 saturated carbocycles. The van der Waals surface area contributed by atoms with E-state index in [1.807, 2.05) is 52.9 Å². The van der Waals surface area contributed by atoms with E-state index < -0.39 is 0 Å². The first-order chi connectivity index (χ1) is 9.79. The Morgan fingerprint density at radius 1 is 1.20 bits per heavy atom. The van der Waals surface area contributed by atoms with Crippen LogP contribution in [-0.4, -0.2) is 20.3 Å². The molecule has 0 aliphatic rings. The van der Waals surface area contributed by atoms with Crippen LogP contribution in [0.1, 0.15) is 0 Å². The van der Waals surface area contributed by atoms with Crippen molar-refractivity contribution in [2.24, 2.45) is 0 Å². The highest BCUT2D eigenvalue weighted by Gasteiger charge is 2.10. The van der Waals surface area contributed by atoms with Gasteiger partial charge in [0.2, 0.25) is 0 Å². The second-order valence-corrected chi connectivity index (χ2v) is 4.87. The zero-order valence-electron chi connectivity index (χ0n) is 10.3. The number of hydrogen-bond acceptors (Lipinski definition) is 4. The molecule has 6 heteroatoms. The van der Waals surface area contributed by atoms with Crippen molar-refractivity contribution in [2.75, 3.05) is 4.43 Å². The minimum atomic E-state index is -0.186. The summed E-state index contributed by atoms with van der Waals surface area (Å²) in [6.07, 6.45) is 3.44. The van der Waals surface area contributed by atoms with Crippen molar-refractivity contribution in [2.45, 2.75) is 0 Å². The van der Waals surface area contributed by atoms with Crippen LogP contribution < -0.4 is 10.3 Å². The molecule has 0 spiro atoms. The fourth-order valence-electron chi connectivity index (χ4n) is 1.97. The van der Waals surface area contributed by atoms with Gasteiger partial charge in [0.15, 0.2) is 5.75 Å². The fraction of sp³-hybridized carbons (Fsp3) is 0.0714. The molecule has 0 unspecified atom stereocenters. The highest BCUT2D eigenvalue weighted by molar-refractivity contribution is 14.1. The maximum Gasteiger partial charge on any atom is 0.262 e. The molecule has 100 valence electrons. The first-order valence-electron chi connectivity index (χ1n) is 5.93. The standard InChI is InChI=1S/C14H10IN3O2/c15-8-12(19)18-20-11-7-9-3-1-5-16-13(9)14-10(11)4-2-6-17-14/h1-7H,8H2,(H,18,19). The molecule has 3 aromatic rings. The van der Waals surface area contributed by atoms with Crippen molar-refractivity contribution in [1.82, 2.24) is 15.4 Å². The lowest BCUT2D eigenvalue weighted by atomic mass is 10.1. The van der Waals surface area contributed by atoms with Crippen LogP contribution in [0.3, 0.4) is 0 Å². The molecule has 5 nitrogen and oxygen atoms in total. The summed E-state index contributed by atoms with van der Waals surface area (Å²) in [5.41, 5.74) is 3.98. The van der Waals surface area contributed by atoms with E-state index in [2.05, 4.69) is 15.4 Å². The van der Waals surface area contributed by atoms with Crippen LogP contribution in [-0.2, 0) is 4.79 Å². The topological polar surface area (TPSA) is 64.1 Å². The van der Waals surface area contributed by atoms with E-state index in [1.54, 1.807) is 12.4 Å². The second-order valence-electron chi connectivity index (χ2n) is 4.11. The summed E-state index contributed by atoms with van der Waals surface area (Å²) in [5.74, 6) is 0.376. The second kappa shape index (κ2) is 5.58. The number of alkyl halides is 1. The number of amides is 1. The molecule has 0 bridgehead atoms. The van der Waals surface area contributed by atoms with Gasteiger partial charge in [-0.05, 0) is 24.3 Å². The minimum Gasteiger partial charge on any atom is -0.379 e. The maximum absolute atomic E-state index is 11.3. The number of halogens is 1. The van der Waals surface area contributed by atoms with Gasteiger partial charge < -0.3 is 4.84 Å². The highest BCUT2D eigenvalue weighted by Crippen LogP contribution is 2.30. The Labute approximate surface area is 128 Å². The third-order valence-electron chi connectivity index (χ3n) is 2.82. The minimum absolute atomic E-state index is 0.186. The van der Waals surface area contributed by atoms with Gasteiger partial charge in [-0.1, -0.05) is 28.7 Å². The Hall–Kier alpha value is -1.96. The number of rotatable bonds is 3. The Morgan fingerprint density at radius 2 is 1.95 bits per heavy atom. The molecule has 0 aliphatic heterocycles. The van der Waals surface area contributed by atoms with Gasteiger partial charge in [0, 0.05) is 23.2 Å². The SMILES string of the molecule is O=C(CI)NOc1cc2cccnc2c2ncccc12. The summed E-state index contributed by atoms with van der Waals surface area (Å²) in [5, 5.41) is 1.73. The van der Waals surface area contributed by atoms with Gasteiger partial charge >= 0.3 is 0 Å². The Bertz CT molecular complexity index is 792. The first-order valence-corrected chi connectivity index (χ1v) is 7.46. The van der Waals surface area contributed by atoms with Crippen LogP contribution in [0.5, 0.6) is 5.75 Å². The predicted molar refractivity (Wildman–Crippen MR) is 84.7 cm³/mol. The van der Waals surface area contributed by atoms with Crippen LogP contribution in [0.15, 0.2) is 42.7 Å². The van der Waals surface area contributed by atoms with Crippen molar-refractivity contribution in [3.05, 3.63) is 42.7 Å². The van der Waals surface area contributed by atoms with Crippen LogP contribution >= 0.6 is 22.6 Å². The smallest absolute Gasteiger partial charge is 0.262 e. The molecule has 20 heavy (non-hydrogen) atoms. The molecule has 0 aliphatic carbocycles. The summed E-state index contributed by atoms with van der Waals surface area (Å²) in [6, 6.07) is 9.35. The molecule has 0 saturated heterocycles. The molecule has 2 aromatic heterocycles. The summed E-state index contributed by atoms with van der Waals surface area (Å²) >= 11 is 1.97. The van der Waals surface area contributed by atoms with E-state index in [-0.39, 0.29) is 5.91 Å². The third kappa shape index (κ3) is 2.38. The molecule has 0 fully saturated rings. The predicted octanol–water partition coefficient (Wildman–Crippen LogP) is 2.63. The summed E-state index contributed by atoms with van der Waals surface area (Å²) in [7, 11) is 0. The summed E-state index contributed by atoms with van der Waals surface area (Å²) < 4.78 is 0.336. The van der Waals surface area contributed by atoms with E-state index in [9.17, 15) is 4.79 Å². The van der Waals surface area contributed by atoms with Crippen LogP contribution in [0, 0.1) is 0 Å². The Kier molecular flexibility index (Phi) is 3.64. The molecular formula is C14H10IN3O2. The van der Waals surface area contributed by atoms with Crippen molar-refractivity contribution < 1.29 is 9.63 Å². The van der Waals surface area contributed by atoms with Gasteiger partial charge in [-0.3, -0.25) is 14.8 Å². The van der Waals surface area contributed by atoms with E-state index >= 15 is 0 Å². The number of aromatic nitrogens is 2. The van der Waals surface area contributed by atoms with Gasteiger partial charge in [-0.25, -0.2) is 0 Å². The van der Waals surface area contributed by atoms with Crippen LogP contribution in [0.2, 0.25) is 0 Å². The van der Waals surface area contributed by atoms with Gasteiger partial charge in [0.1, 0.15) is 5.52 Å². The number of hydroxylamine groups is 1. The summed E-state index contributed by atoms with van der Waals surface area (Å²) in [6.45, 7) is 0. The zero-order valence-corrected chi connectivity index (χ0v) is 12.5. The average Bonchev–Trinajstić information content (AvgIpc) is 2.52. The number of nitrogens with one attached hydrogen (secondary N) is 1. The Balaban J connectivity index is 2.16. The highest BCUT2D eigenvalue weighted by atomic mass is 127. The van der Waals surface area contributed by atoms with Gasteiger partial charge in [-0.2, -0.15) is 5.48 Å². The number of pyridine rings is 2. The van der Waals surface area contributed by atoms with Crippen molar-refractivity contribution in [1.29, 1.82) is 0 Å². The molecule has 0 atom stereocenters. The molecule has 1 N–H and O–H groups in total. The maximum atomic E-state index is 11.3. The van der Waals surface area contributed by atoms with Crippen molar-refractivity contribution in [3.8, 4) is 5.75 Å². The lowest BCUT2D eigenvalue weighted by Gasteiger charge is -2.10. The third-order valence-corrected chi connectivity index (χ3v) is 3.51.